The molecule has 234 valence electrons. The molecule has 0 radical (unpaired) electrons. The molecular weight excluding hydrogens is 629 g/mol. The highest BCUT2D eigenvalue weighted by Crippen LogP contribution is 2.47. The fourth-order valence-corrected chi connectivity index (χ4v) is 9.17. The molecule has 0 aliphatic carbocycles. The number of nitrogens with zero attached hydrogens (tertiary/aromatic N) is 2. The third kappa shape index (κ3) is 3.97. The van der Waals surface area contributed by atoms with Crippen LogP contribution in [0.2, 0.25) is 0 Å². The summed E-state index contributed by atoms with van der Waals surface area (Å²) >= 11 is 1.86. The summed E-state index contributed by atoms with van der Waals surface area (Å²) < 4.78 is 11.3. The van der Waals surface area contributed by atoms with E-state index >= 15 is 0 Å². The van der Waals surface area contributed by atoms with Crippen molar-refractivity contribution in [1.82, 2.24) is 4.57 Å². The topological polar surface area (TPSA) is 21.3 Å². The van der Waals surface area contributed by atoms with Gasteiger partial charge >= 0.3 is 0 Å². The molecule has 11 rings (SSSR count). The molecule has 0 unspecified atom stereocenters. The van der Waals surface area contributed by atoms with Crippen LogP contribution in [0.4, 0.5) is 17.1 Å². The lowest BCUT2D eigenvalue weighted by molar-refractivity contribution is 0.669. The highest BCUT2D eigenvalue weighted by Gasteiger charge is 2.21. The second-order valence-corrected chi connectivity index (χ2v) is 14.0. The van der Waals surface area contributed by atoms with Gasteiger partial charge in [0.05, 0.1) is 21.4 Å². The minimum Gasteiger partial charge on any atom is -0.456 e. The van der Waals surface area contributed by atoms with Gasteiger partial charge in [-0.25, -0.2) is 0 Å². The lowest BCUT2D eigenvalue weighted by Crippen LogP contribution is -2.10. The van der Waals surface area contributed by atoms with Gasteiger partial charge in [0, 0.05) is 54.1 Å². The number of aromatic nitrogens is 1. The number of furan rings is 1. The van der Waals surface area contributed by atoms with Crippen molar-refractivity contribution in [3.8, 4) is 5.69 Å². The van der Waals surface area contributed by atoms with E-state index < -0.39 is 0 Å². The second-order valence-electron chi connectivity index (χ2n) is 12.9. The third-order valence-electron chi connectivity index (χ3n) is 10.2. The molecule has 4 heteroatoms. The van der Waals surface area contributed by atoms with Crippen LogP contribution in [-0.4, -0.2) is 4.57 Å². The van der Waals surface area contributed by atoms with Crippen molar-refractivity contribution in [3.05, 3.63) is 170 Å². The van der Waals surface area contributed by atoms with Crippen LogP contribution in [0.5, 0.6) is 0 Å². The van der Waals surface area contributed by atoms with Crippen LogP contribution in [0, 0.1) is 0 Å². The molecule has 3 nitrogen and oxygen atoms in total. The summed E-state index contributed by atoms with van der Waals surface area (Å²) in [5.74, 6) is 0. The molecule has 0 fully saturated rings. The predicted octanol–water partition coefficient (Wildman–Crippen LogP) is 13.7. The van der Waals surface area contributed by atoms with Crippen molar-refractivity contribution < 1.29 is 4.42 Å². The largest absolute Gasteiger partial charge is 0.456 e. The number of para-hydroxylation sites is 3. The van der Waals surface area contributed by atoms with E-state index in [-0.39, 0.29) is 0 Å². The molecule has 0 saturated carbocycles. The number of thiophene rings is 1. The first-order valence-corrected chi connectivity index (χ1v) is 17.7. The monoisotopic (exact) mass is 656 g/mol. The zero-order valence-electron chi connectivity index (χ0n) is 26.9. The number of benzene rings is 8. The Morgan fingerprint density at radius 1 is 0.460 bits per heavy atom. The Morgan fingerprint density at radius 3 is 2.08 bits per heavy atom. The van der Waals surface area contributed by atoms with Crippen LogP contribution in [0.15, 0.2) is 174 Å². The molecule has 0 N–H and O–H groups in total. The average Bonchev–Trinajstić information content (AvgIpc) is 3.85. The Bertz CT molecular complexity index is 3110. The first-order valence-electron chi connectivity index (χ1n) is 16.9. The summed E-state index contributed by atoms with van der Waals surface area (Å²) in [6, 6.07) is 61.3. The zero-order chi connectivity index (χ0) is 32.8. The van der Waals surface area contributed by atoms with E-state index in [2.05, 4.69) is 173 Å². The van der Waals surface area contributed by atoms with Gasteiger partial charge in [-0.2, -0.15) is 0 Å². The summed E-state index contributed by atoms with van der Waals surface area (Å²) in [6.45, 7) is 0. The number of hydrogen-bond acceptors (Lipinski definition) is 3. The maximum Gasteiger partial charge on any atom is 0.136 e. The lowest BCUT2D eigenvalue weighted by Gasteiger charge is -2.27. The number of rotatable bonds is 4. The normalized spacial score (nSPS) is 12.0. The van der Waals surface area contributed by atoms with Gasteiger partial charge in [-0.1, -0.05) is 103 Å². The number of hydrogen-bond donors (Lipinski definition) is 0. The standard InChI is InChI=1S/C46H28N2OS/c1-2-11-30(12-3-1)48-39-17-7-4-13-33(39)34-25-24-32(28-41(34)48)47(40-18-10-16-36-35-14-6-9-20-44(35)50-46(36)40)31-23-21-29-22-26-43-45(38(29)27-31)37-15-5-8-19-42(37)49-43/h1-28H. The molecule has 8 aromatic carbocycles. The molecule has 3 aromatic heterocycles. The molecule has 0 atom stereocenters. The molecule has 0 aliphatic heterocycles. The highest BCUT2D eigenvalue weighted by atomic mass is 32.1. The molecule has 0 aliphatic rings. The van der Waals surface area contributed by atoms with E-state index in [1.165, 1.54) is 52.8 Å². The van der Waals surface area contributed by atoms with Gasteiger partial charge in [0.15, 0.2) is 0 Å². The Labute approximate surface area is 291 Å². The molecule has 3 heterocycles. The van der Waals surface area contributed by atoms with E-state index in [0.717, 1.165) is 44.7 Å². The Kier molecular flexibility index (Phi) is 5.83. The fraction of sp³-hybridized carbons (Fsp3) is 0. The summed E-state index contributed by atoms with van der Waals surface area (Å²) in [5.41, 5.74) is 8.70. The van der Waals surface area contributed by atoms with E-state index in [1.807, 2.05) is 17.4 Å². The van der Waals surface area contributed by atoms with Gasteiger partial charge in [0.25, 0.3) is 0 Å². The summed E-state index contributed by atoms with van der Waals surface area (Å²) in [5, 5.41) is 9.70. The van der Waals surface area contributed by atoms with E-state index in [9.17, 15) is 0 Å². The van der Waals surface area contributed by atoms with Gasteiger partial charge < -0.3 is 13.9 Å². The van der Waals surface area contributed by atoms with Crippen LogP contribution in [0.25, 0.3) is 80.4 Å². The van der Waals surface area contributed by atoms with Crippen molar-refractivity contribution in [1.29, 1.82) is 0 Å². The summed E-state index contributed by atoms with van der Waals surface area (Å²) in [6.07, 6.45) is 0. The molecule has 0 amide bonds. The lowest BCUT2D eigenvalue weighted by atomic mass is 10.0. The number of anilines is 3. The minimum atomic E-state index is 0.905. The summed E-state index contributed by atoms with van der Waals surface area (Å²) in [4.78, 5) is 2.45. The van der Waals surface area contributed by atoms with Gasteiger partial charge in [-0.05, 0) is 77.5 Å². The van der Waals surface area contributed by atoms with Gasteiger partial charge in [-0.3, -0.25) is 0 Å². The second kappa shape index (κ2) is 10.6. The molecule has 0 saturated heterocycles. The minimum absolute atomic E-state index is 0.905. The zero-order valence-corrected chi connectivity index (χ0v) is 27.7. The molecule has 50 heavy (non-hydrogen) atoms. The van der Waals surface area contributed by atoms with E-state index in [0.29, 0.717) is 0 Å². The van der Waals surface area contributed by atoms with Crippen LogP contribution >= 0.6 is 11.3 Å². The maximum absolute atomic E-state index is 6.34. The summed E-state index contributed by atoms with van der Waals surface area (Å²) in [7, 11) is 0. The maximum atomic E-state index is 6.34. The van der Waals surface area contributed by atoms with Crippen LogP contribution in [0.3, 0.4) is 0 Å². The van der Waals surface area contributed by atoms with Crippen molar-refractivity contribution in [2.24, 2.45) is 0 Å². The average molecular weight is 657 g/mol. The third-order valence-corrected chi connectivity index (χ3v) is 11.4. The quantitative estimate of drug-likeness (QED) is 0.188. The van der Waals surface area contributed by atoms with E-state index in [1.54, 1.807) is 0 Å². The molecule has 0 bridgehead atoms. The van der Waals surface area contributed by atoms with Gasteiger partial charge in [0.1, 0.15) is 11.2 Å². The first kappa shape index (κ1) is 27.6. The van der Waals surface area contributed by atoms with Crippen molar-refractivity contribution in [2.45, 2.75) is 0 Å². The highest BCUT2D eigenvalue weighted by molar-refractivity contribution is 7.26. The van der Waals surface area contributed by atoms with Crippen LogP contribution < -0.4 is 4.90 Å². The van der Waals surface area contributed by atoms with Crippen LogP contribution in [-0.2, 0) is 0 Å². The van der Waals surface area contributed by atoms with E-state index in [4.69, 9.17) is 4.42 Å². The number of fused-ring (bicyclic) bond motifs is 11. The first-order chi connectivity index (χ1) is 24.8. The SMILES string of the molecule is c1ccc(-n2c3ccccc3c3ccc(N(c4ccc5ccc6oc7ccccc7c6c5c4)c4cccc5c4sc4ccccc45)cc32)cc1. The van der Waals surface area contributed by atoms with Crippen molar-refractivity contribution in [3.63, 3.8) is 0 Å². The molecular formula is C46H28N2OS. The Hall–Kier alpha value is -6.36. The Balaban J connectivity index is 1.23. The van der Waals surface area contributed by atoms with Crippen molar-refractivity contribution >= 4 is 103 Å². The predicted molar refractivity (Wildman–Crippen MR) is 213 cm³/mol. The smallest absolute Gasteiger partial charge is 0.136 e. The fourth-order valence-electron chi connectivity index (χ4n) is 7.96. The molecule has 11 aromatic rings. The van der Waals surface area contributed by atoms with Gasteiger partial charge in [-0.15, -0.1) is 11.3 Å². The van der Waals surface area contributed by atoms with Crippen molar-refractivity contribution in [2.75, 3.05) is 4.90 Å². The van der Waals surface area contributed by atoms with Gasteiger partial charge in [0.2, 0.25) is 0 Å². The molecule has 0 spiro atoms. The van der Waals surface area contributed by atoms with Crippen LogP contribution in [0.1, 0.15) is 0 Å². The Morgan fingerprint density at radius 2 is 1.16 bits per heavy atom.